The fourth-order valence-electron chi connectivity index (χ4n) is 3.55. The molecule has 2 aromatic carbocycles. The number of aromatic amines is 2. The van der Waals surface area contributed by atoms with Crippen molar-refractivity contribution < 1.29 is 19.8 Å². The largest absolute Gasteiger partial charge is 0.478 e. The average Bonchev–Trinajstić information content (AvgIpc) is 3.22. The Bertz CT molecular complexity index is 1350. The van der Waals surface area contributed by atoms with Crippen LogP contribution in [-0.4, -0.2) is 41.7 Å². The summed E-state index contributed by atoms with van der Waals surface area (Å²) in [4.78, 5) is 48.5. The minimum atomic E-state index is -1.08. The van der Waals surface area contributed by atoms with Crippen molar-refractivity contribution in [1.82, 2.24) is 19.6 Å². The van der Waals surface area contributed by atoms with Crippen molar-refractivity contribution in [3.63, 3.8) is 0 Å². The van der Waals surface area contributed by atoms with E-state index in [4.69, 9.17) is 10.2 Å². The first-order chi connectivity index (χ1) is 15.2. The molecule has 10 heteroatoms. The number of aromatic carboxylic acids is 2. The lowest BCUT2D eigenvalue weighted by atomic mass is 10.1. The highest BCUT2D eigenvalue weighted by atomic mass is 16.4. The summed E-state index contributed by atoms with van der Waals surface area (Å²) in [5.41, 5.74) is 1.40. The van der Waals surface area contributed by atoms with E-state index >= 15 is 0 Å². The van der Waals surface area contributed by atoms with Crippen LogP contribution in [0.15, 0.2) is 58.1 Å². The number of aromatic nitrogens is 4. The summed E-state index contributed by atoms with van der Waals surface area (Å²) >= 11 is 0. The number of hydrogen-bond donors (Lipinski definition) is 4. The van der Waals surface area contributed by atoms with Crippen LogP contribution in [0.2, 0.25) is 0 Å². The highest BCUT2D eigenvalue weighted by molar-refractivity contribution is 5.88. The van der Waals surface area contributed by atoms with Crippen LogP contribution in [0.1, 0.15) is 32.1 Å². The molecule has 4 rings (SSSR count). The maximum Gasteiger partial charge on any atom is 0.335 e. The van der Waals surface area contributed by atoms with Crippen LogP contribution in [0, 0.1) is 13.8 Å². The number of rotatable bonds is 5. The fourth-order valence-corrected chi connectivity index (χ4v) is 3.55. The number of benzene rings is 2. The number of aryl methyl sites for hydroxylation is 2. The van der Waals surface area contributed by atoms with Crippen molar-refractivity contribution in [2.75, 3.05) is 0 Å². The number of H-pyrrole nitrogens is 2. The Morgan fingerprint density at radius 3 is 1.25 bits per heavy atom. The van der Waals surface area contributed by atoms with Crippen molar-refractivity contribution in [2.24, 2.45) is 0 Å². The van der Waals surface area contributed by atoms with E-state index in [2.05, 4.69) is 10.2 Å². The smallest absolute Gasteiger partial charge is 0.335 e. The summed E-state index contributed by atoms with van der Waals surface area (Å²) in [6.45, 7) is 3.33. The molecule has 0 saturated carbocycles. The molecule has 0 radical (unpaired) electrons. The average molecular weight is 434 g/mol. The Labute approximate surface area is 180 Å². The molecule has 0 atom stereocenters. The van der Waals surface area contributed by atoms with Crippen molar-refractivity contribution in [1.29, 1.82) is 0 Å². The zero-order valence-electron chi connectivity index (χ0n) is 17.0. The second kappa shape index (κ2) is 7.58. The lowest BCUT2D eigenvalue weighted by molar-refractivity contribution is 0.0686. The van der Waals surface area contributed by atoms with Gasteiger partial charge in [0.05, 0.1) is 33.6 Å². The summed E-state index contributed by atoms with van der Waals surface area (Å²) in [5, 5.41) is 24.0. The highest BCUT2D eigenvalue weighted by Crippen LogP contribution is 2.21. The van der Waals surface area contributed by atoms with E-state index in [0.29, 0.717) is 22.8 Å². The molecule has 0 amide bonds. The molecular weight excluding hydrogens is 416 g/mol. The second-order valence-electron chi connectivity index (χ2n) is 7.21. The zero-order chi connectivity index (χ0) is 23.2. The minimum Gasteiger partial charge on any atom is -0.478 e. The lowest BCUT2D eigenvalue weighted by Crippen LogP contribution is -2.20. The van der Waals surface area contributed by atoms with Gasteiger partial charge in [0.1, 0.15) is 0 Å². The molecule has 2 heterocycles. The predicted octanol–water partition coefficient (Wildman–Crippen LogP) is 2.32. The molecule has 4 N–H and O–H groups in total. The van der Waals surface area contributed by atoms with E-state index < -0.39 is 23.1 Å². The van der Waals surface area contributed by atoms with Crippen LogP contribution >= 0.6 is 0 Å². The van der Waals surface area contributed by atoms with Crippen LogP contribution < -0.4 is 11.1 Å². The number of carboxylic acids is 2. The minimum absolute atomic E-state index is 0.0867. The number of carbonyl (C=O) groups is 2. The summed E-state index contributed by atoms with van der Waals surface area (Å²) in [6, 6.07) is 11.5. The van der Waals surface area contributed by atoms with Gasteiger partial charge in [-0.15, -0.1) is 0 Å². The van der Waals surface area contributed by atoms with Gasteiger partial charge in [0.25, 0.3) is 11.1 Å². The van der Waals surface area contributed by atoms with Gasteiger partial charge in [-0.05, 0) is 62.4 Å². The van der Waals surface area contributed by atoms with Crippen molar-refractivity contribution in [3.8, 4) is 22.5 Å². The SMILES string of the molecule is Cc1[nH]n(-c2ccc(C(=O)O)cc2)c(=O)c1-c1c(C)[nH]n(-c2ccc(C(=O)O)cc2)c1=O. The van der Waals surface area contributed by atoms with E-state index in [1.54, 1.807) is 13.8 Å². The lowest BCUT2D eigenvalue weighted by Gasteiger charge is -2.02. The maximum atomic E-state index is 13.2. The number of carboxylic acid groups (broad SMARTS) is 2. The molecule has 0 aliphatic rings. The predicted molar refractivity (Wildman–Crippen MR) is 115 cm³/mol. The molecule has 0 unspecified atom stereocenters. The van der Waals surface area contributed by atoms with Gasteiger partial charge in [-0.2, -0.15) is 0 Å². The molecule has 0 bridgehead atoms. The summed E-state index contributed by atoms with van der Waals surface area (Å²) in [6.07, 6.45) is 0. The van der Waals surface area contributed by atoms with Gasteiger partial charge in [0.2, 0.25) is 0 Å². The van der Waals surface area contributed by atoms with E-state index in [1.807, 2.05) is 0 Å². The summed E-state index contributed by atoms with van der Waals surface area (Å²) in [7, 11) is 0. The molecule has 2 aromatic heterocycles. The fraction of sp³-hybridized carbons (Fsp3) is 0.0909. The van der Waals surface area contributed by atoms with Crippen LogP contribution in [0.25, 0.3) is 22.5 Å². The second-order valence-corrected chi connectivity index (χ2v) is 7.21. The Morgan fingerprint density at radius 1 is 0.656 bits per heavy atom. The van der Waals surface area contributed by atoms with Gasteiger partial charge < -0.3 is 10.2 Å². The molecule has 10 nitrogen and oxygen atoms in total. The molecule has 0 saturated heterocycles. The monoisotopic (exact) mass is 434 g/mol. The zero-order valence-corrected chi connectivity index (χ0v) is 17.0. The summed E-state index contributed by atoms with van der Waals surface area (Å²) < 4.78 is 2.49. The van der Waals surface area contributed by atoms with Crippen molar-refractivity contribution in [3.05, 3.63) is 91.8 Å². The molecule has 4 aromatic rings. The molecular formula is C22H18N4O6. The first-order valence-corrected chi connectivity index (χ1v) is 9.50. The first-order valence-electron chi connectivity index (χ1n) is 9.50. The molecule has 0 aliphatic heterocycles. The Morgan fingerprint density at radius 2 is 0.969 bits per heavy atom. The van der Waals surface area contributed by atoms with Gasteiger partial charge in [0, 0.05) is 11.4 Å². The van der Waals surface area contributed by atoms with Gasteiger partial charge in [-0.25, -0.2) is 19.0 Å². The van der Waals surface area contributed by atoms with E-state index in [0.717, 1.165) is 0 Å². The van der Waals surface area contributed by atoms with Crippen molar-refractivity contribution in [2.45, 2.75) is 13.8 Å². The van der Waals surface area contributed by atoms with Crippen molar-refractivity contribution >= 4 is 11.9 Å². The Hall–Kier alpha value is -4.60. The summed E-state index contributed by atoms with van der Waals surface area (Å²) in [5.74, 6) is -2.15. The first kappa shape index (κ1) is 20.7. The van der Waals surface area contributed by atoms with Crippen LogP contribution in [0.5, 0.6) is 0 Å². The third kappa shape index (κ3) is 3.33. The number of hydrogen-bond acceptors (Lipinski definition) is 4. The molecule has 0 spiro atoms. The third-order valence-electron chi connectivity index (χ3n) is 5.14. The topological polar surface area (TPSA) is 150 Å². The van der Waals surface area contributed by atoms with E-state index in [9.17, 15) is 19.2 Å². The van der Waals surface area contributed by atoms with Crippen LogP contribution in [0.4, 0.5) is 0 Å². The Balaban J connectivity index is 1.81. The standard InChI is InChI=1S/C22H18N4O6/c1-11-17(19(27)25(23-11)15-7-3-13(4-8-15)21(29)30)18-12(2)24-26(20(18)28)16-9-5-14(6-10-16)22(31)32/h3-10,23-24H,1-2H3,(H,29,30)(H,31,32). The third-order valence-corrected chi connectivity index (χ3v) is 5.14. The van der Waals surface area contributed by atoms with Gasteiger partial charge in [0.15, 0.2) is 0 Å². The maximum absolute atomic E-state index is 13.2. The molecule has 162 valence electrons. The van der Waals surface area contributed by atoms with E-state index in [1.165, 1.54) is 57.9 Å². The molecule has 0 fully saturated rings. The van der Waals surface area contributed by atoms with Gasteiger partial charge in [-0.1, -0.05) is 0 Å². The van der Waals surface area contributed by atoms with Crippen LogP contribution in [-0.2, 0) is 0 Å². The van der Waals surface area contributed by atoms with E-state index in [-0.39, 0.29) is 22.3 Å². The number of nitrogens with one attached hydrogen (secondary N) is 2. The highest BCUT2D eigenvalue weighted by Gasteiger charge is 2.22. The normalized spacial score (nSPS) is 10.9. The Kier molecular flexibility index (Phi) is 4.90. The van der Waals surface area contributed by atoms with Crippen LogP contribution in [0.3, 0.4) is 0 Å². The number of nitrogens with zero attached hydrogens (tertiary/aromatic N) is 2. The molecule has 32 heavy (non-hydrogen) atoms. The molecule has 0 aliphatic carbocycles. The quantitative estimate of drug-likeness (QED) is 0.379. The van der Waals surface area contributed by atoms with Gasteiger partial charge in [-0.3, -0.25) is 19.8 Å². The van der Waals surface area contributed by atoms with Gasteiger partial charge >= 0.3 is 11.9 Å².